The first kappa shape index (κ1) is 13.2. The van der Waals surface area contributed by atoms with Gasteiger partial charge in [-0.15, -0.1) is 5.10 Å². The van der Waals surface area contributed by atoms with E-state index in [1.807, 2.05) is 24.7 Å². The van der Waals surface area contributed by atoms with Crippen molar-refractivity contribution in [1.29, 1.82) is 0 Å². The van der Waals surface area contributed by atoms with E-state index in [9.17, 15) is 5.11 Å². The molecule has 2 aromatic rings. The quantitative estimate of drug-likeness (QED) is 0.896. The number of aryl methyl sites for hydroxylation is 3. The van der Waals surface area contributed by atoms with E-state index < -0.39 is 6.10 Å². The van der Waals surface area contributed by atoms with Crippen LogP contribution in [-0.2, 0) is 19.9 Å². The number of rotatable bonds is 5. The van der Waals surface area contributed by atoms with Crippen LogP contribution in [-0.4, -0.2) is 24.5 Å². The van der Waals surface area contributed by atoms with Gasteiger partial charge >= 0.3 is 0 Å². The summed E-state index contributed by atoms with van der Waals surface area (Å²) >= 11 is 1.29. The van der Waals surface area contributed by atoms with E-state index in [0.717, 1.165) is 34.8 Å². The maximum Gasteiger partial charge on any atom is 0.0972 e. The first-order chi connectivity index (χ1) is 8.61. The zero-order valence-corrected chi connectivity index (χ0v) is 11.7. The molecule has 0 aliphatic heterocycles. The Morgan fingerprint density at radius 1 is 1.50 bits per heavy atom. The maximum absolute atomic E-state index is 10.3. The fourth-order valence-corrected chi connectivity index (χ4v) is 2.71. The molecule has 2 heterocycles. The number of nitrogens with zero attached hydrogens (tertiary/aromatic N) is 4. The molecule has 2 aromatic heterocycles. The van der Waals surface area contributed by atoms with Crippen LogP contribution in [0.5, 0.6) is 0 Å². The molecule has 0 bridgehead atoms. The van der Waals surface area contributed by atoms with Crippen LogP contribution in [0.1, 0.15) is 41.4 Å². The summed E-state index contributed by atoms with van der Waals surface area (Å²) in [5, 5.41) is 18.7. The number of aromatic nitrogens is 4. The van der Waals surface area contributed by atoms with E-state index in [1.54, 1.807) is 0 Å². The van der Waals surface area contributed by atoms with Gasteiger partial charge in [-0.3, -0.25) is 4.68 Å². The largest absolute Gasteiger partial charge is 0.387 e. The van der Waals surface area contributed by atoms with E-state index in [4.69, 9.17) is 0 Å². The highest BCUT2D eigenvalue weighted by Gasteiger charge is 2.18. The molecule has 0 aliphatic carbocycles. The number of hydrogen-bond donors (Lipinski definition) is 1. The van der Waals surface area contributed by atoms with E-state index in [0.29, 0.717) is 6.42 Å². The van der Waals surface area contributed by atoms with Gasteiger partial charge in [-0.2, -0.15) is 5.10 Å². The van der Waals surface area contributed by atoms with Crippen LogP contribution < -0.4 is 0 Å². The van der Waals surface area contributed by atoms with Crippen LogP contribution in [0.25, 0.3) is 0 Å². The zero-order chi connectivity index (χ0) is 13.1. The average molecular weight is 266 g/mol. The van der Waals surface area contributed by atoms with Crippen molar-refractivity contribution in [3.05, 3.63) is 28.0 Å². The second-order valence-corrected chi connectivity index (χ2v) is 5.24. The first-order valence-electron chi connectivity index (χ1n) is 6.10. The highest BCUT2D eigenvalue weighted by molar-refractivity contribution is 7.05. The Morgan fingerprint density at radius 2 is 2.28 bits per heavy atom. The Labute approximate surface area is 111 Å². The van der Waals surface area contributed by atoms with Crippen LogP contribution in [0, 0.1) is 6.92 Å². The molecule has 1 N–H and O–H groups in total. The van der Waals surface area contributed by atoms with Crippen molar-refractivity contribution in [2.75, 3.05) is 0 Å². The van der Waals surface area contributed by atoms with E-state index >= 15 is 0 Å². The minimum Gasteiger partial charge on any atom is -0.387 e. The standard InChI is InChI=1S/C12H18N4OS/c1-4-5-10-12(18-15-13-10)11(17)7-9-6-8(2)14-16(9)3/h6,11,17H,4-5,7H2,1-3H3. The molecule has 0 saturated heterocycles. The van der Waals surface area contributed by atoms with Gasteiger partial charge in [0.2, 0.25) is 0 Å². The Balaban J connectivity index is 2.14. The monoisotopic (exact) mass is 266 g/mol. The molecule has 1 atom stereocenters. The third kappa shape index (κ3) is 2.76. The third-order valence-electron chi connectivity index (χ3n) is 2.88. The van der Waals surface area contributed by atoms with Crippen LogP contribution in [0.2, 0.25) is 0 Å². The van der Waals surface area contributed by atoms with Gasteiger partial charge in [-0.1, -0.05) is 17.8 Å². The lowest BCUT2D eigenvalue weighted by molar-refractivity contribution is 0.178. The number of aliphatic hydroxyl groups is 1. The van der Waals surface area contributed by atoms with E-state index in [1.165, 1.54) is 11.5 Å². The van der Waals surface area contributed by atoms with Gasteiger partial charge in [0.25, 0.3) is 0 Å². The molecule has 0 amide bonds. The van der Waals surface area contributed by atoms with Crippen molar-refractivity contribution < 1.29 is 5.11 Å². The summed E-state index contributed by atoms with van der Waals surface area (Å²) in [7, 11) is 1.90. The van der Waals surface area contributed by atoms with Crippen molar-refractivity contribution in [2.45, 2.75) is 39.2 Å². The second kappa shape index (κ2) is 5.58. The molecule has 0 saturated carbocycles. The number of hydrogen-bond acceptors (Lipinski definition) is 5. The molecule has 0 fully saturated rings. The van der Waals surface area contributed by atoms with Gasteiger partial charge in [0.05, 0.1) is 22.4 Å². The van der Waals surface area contributed by atoms with Gasteiger partial charge in [-0.05, 0) is 30.9 Å². The van der Waals surface area contributed by atoms with Crippen molar-refractivity contribution >= 4 is 11.5 Å². The Morgan fingerprint density at radius 3 is 2.89 bits per heavy atom. The molecule has 0 aromatic carbocycles. The minimum atomic E-state index is -0.540. The summed E-state index contributed by atoms with van der Waals surface area (Å²) in [5.74, 6) is 0. The van der Waals surface area contributed by atoms with E-state index in [-0.39, 0.29) is 0 Å². The molecule has 2 rings (SSSR count). The summed E-state index contributed by atoms with van der Waals surface area (Å²) < 4.78 is 5.75. The zero-order valence-electron chi connectivity index (χ0n) is 10.9. The van der Waals surface area contributed by atoms with Crippen LogP contribution >= 0.6 is 11.5 Å². The smallest absolute Gasteiger partial charge is 0.0972 e. The van der Waals surface area contributed by atoms with Crippen LogP contribution in [0.3, 0.4) is 0 Å². The molecule has 6 heteroatoms. The summed E-state index contributed by atoms with van der Waals surface area (Å²) in [5.41, 5.74) is 2.92. The SMILES string of the molecule is CCCc1nnsc1C(O)Cc1cc(C)nn1C. The molecular weight excluding hydrogens is 248 g/mol. The summed E-state index contributed by atoms with van der Waals surface area (Å²) in [6.07, 6.45) is 1.89. The topological polar surface area (TPSA) is 63.8 Å². The highest BCUT2D eigenvalue weighted by atomic mass is 32.1. The van der Waals surface area contributed by atoms with Crippen molar-refractivity contribution in [3.8, 4) is 0 Å². The molecular formula is C12H18N4OS. The molecule has 0 aliphatic rings. The van der Waals surface area contributed by atoms with Crippen LogP contribution in [0.4, 0.5) is 0 Å². The lowest BCUT2D eigenvalue weighted by Gasteiger charge is -2.09. The normalized spacial score (nSPS) is 12.9. The Kier molecular flexibility index (Phi) is 4.08. The van der Waals surface area contributed by atoms with Gasteiger partial charge in [0.1, 0.15) is 0 Å². The van der Waals surface area contributed by atoms with Gasteiger partial charge in [-0.25, -0.2) is 0 Å². The van der Waals surface area contributed by atoms with E-state index in [2.05, 4.69) is 21.6 Å². The van der Waals surface area contributed by atoms with Crippen molar-refractivity contribution in [1.82, 2.24) is 19.4 Å². The average Bonchev–Trinajstić information content (AvgIpc) is 2.87. The predicted octanol–water partition coefficient (Wildman–Crippen LogP) is 1.81. The van der Waals surface area contributed by atoms with Crippen LogP contribution in [0.15, 0.2) is 6.07 Å². The molecule has 5 nitrogen and oxygen atoms in total. The third-order valence-corrected chi connectivity index (χ3v) is 3.74. The molecule has 98 valence electrons. The minimum absolute atomic E-state index is 0.540. The van der Waals surface area contributed by atoms with Gasteiger partial charge in [0.15, 0.2) is 0 Å². The maximum atomic E-state index is 10.3. The summed E-state index contributed by atoms with van der Waals surface area (Å²) in [4.78, 5) is 0.885. The van der Waals surface area contributed by atoms with Gasteiger partial charge in [0, 0.05) is 19.2 Å². The summed E-state index contributed by atoms with van der Waals surface area (Å²) in [6, 6.07) is 2.00. The number of aliphatic hydroxyl groups excluding tert-OH is 1. The first-order valence-corrected chi connectivity index (χ1v) is 6.87. The molecule has 18 heavy (non-hydrogen) atoms. The highest BCUT2D eigenvalue weighted by Crippen LogP contribution is 2.24. The molecule has 1 unspecified atom stereocenters. The Hall–Kier alpha value is -1.27. The van der Waals surface area contributed by atoms with Gasteiger partial charge < -0.3 is 5.11 Å². The molecule has 0 radical (unpaired) electrons. The lowest BCUT2D eigenvalue weighted by Crippen LogP contribution is -2.07. The fourth-order valence-electron chi connectivity index (χ4n) is 2.02. The predicted molar refractivity (Wildman–Crippen MR) is 70.5 cm³/mol. The van der Waals surface area contributed by atoms with Crippen molar-refractivity contribution in [3.63, 3.8) is 0 Å². The Bertz CT molecular complexity index is 520. The summed E-state index contributed by atoms with van der Waals surface area (Å²) in [6.45, 7) is 4.05. The molecule has 0 spiro atoms. The fraction of sp³-hybridized carbons (Fsp3) is 0.583. The second-order valence-electron chi connectivity index (χ2n) is 4.45. The lowest BCUT2D eigenvalue weighted by atomic mass is 10.1. The van der Waals surface area contributed by atoms with Crippen molar-refractivity contribution in [2.24, 2.45) is 7.05 Å².